The maximum absolute atomic E-state index is 11.7. The number of aromatic nitrogens is 3. The van der Waals surface area contributed by atoms with Crippen LogP contribution in [0.1, 0.15) is 37.1 Å². The summed E-state index contributed by atoms with van der Waals surface area (Å²) in [6.45, 7) is 6.36. The Kier molecular flexibility index (Phi) is 3.07. The summed E-state index contributed by atoms with van der Waals surface area (Å²) >= 11 is 0. The Balaban J connectivity index is 2.59. The number of carbonyl (C=O) groups is 1. The number of pyridine rings is 1. The molecule has 5 nitrogen and oxygen atoms in total. The van der Waals surface area contributed by atoms with E-state index in [9.17, 15) is 4.79 Å². The summed E-state index contributed by atoms with van der Waals surface area (Å²) in [7, 11) is 1.37. The minimum absolute atomic E-state index is 0.0756. The second kappa shape index (κ2) is 4.40. The van der Waals surface area contributed by atoms with E-state index in [4.69, 9.17) is 4.74 Å². The number of esters is 1. The first kappa shape index (κ1) is 12.5. The highest BCUT2D eigenvalue weighted by molar-refractivity contribution is 5.88. The molecule has 2 heterocycles. The fourth-order valence-electron chi connectivity index (χ4n) is 1.85. The van der Waals surface area contributed by atoms with E-state index in [0.717, 1.165) is 12.2 Å². The van der Waals surface area contributed by atoms with Crippen molar-refractivity contribution in [3.8, 4) is 0 Å². The van der Waals surface area contributed by atoms with Crippen molar-refractivity contribution in [1.29, 1.82) is 0 Å². The van der Waals surface area contributed by atoms with Crippen LogP contribution in [-0.2, 0) is 11.2 Å². The Morgan fingerprint density at radius 1 is 1.33 bits per heavy atom. The molecule has 2 rings (SSSR count). The maximum Gasteiger partial charge on any atom is 0.355 e. The molecule has 0 bridgehead atoms. The Labute approximate surface area is 106 Å². The van der Waals surface area contributed by atoms with Gasteiger partial charge in [0.05, 0.1) is 7.11 Å². The van der Waals surface area contributed by atoms with E-state index >= 15 is 0 Å². The summed E-state index contributed by atoms with van der Waals surface area (Å²) in [5.74, 6) is 0.397. The number of ether oxygens (including phenoxy) is 1. The normalized spacial score (nSPS) is 11.8. The molecule has 0 atom stereocenters. The Morgan fingerprint density at radius 2 is 2.06 bits per heavy atom. The van der Waals surface area contributed by atoms with Crippen LogP contribution in [0.5, 0.6) is 0 Å². The lowest BCUT2D eigenvalue weighted by atomic mass is 9.92. The van der Waals surface area contributed by atoms with Gasteiger partial charge in [-0.25, -0.2) is 4.79 Å². The Morgan fingerprint density at radius 3 is 2.67 bits per heavy atom. The molecule has 0 aliphatic carbocycles. The van der Waals surface area contributed by atoms with Crippen LogP contribution < -0.4 is 0 Å². The number of hydrogen-bond acceptors (Lipinski definition) is 4. The van der Waals surface area contributed by atoms with Gasteiger partial charge in [-0.1, -0.05) is 26.8 Å². The van der Waals surface area contributed by atoms with Crippen LogP contribution in [0, 0.1) is 5.41 Å². The van der Waals surface area contributed by atoms with E-state index in [2.05, 4.69) is 31.0 Å². The van der Waals surface area contributed by atoms with E-state index in [-0.39, 0.29) is 11.4 Å². The first-order chi connectivity index (χ1) is 8.42. The zero-order chi connectivity index (χ0) is 13.3. The topological polar surface area (TPSA) is 56.5 Å². The third-order valence-corrected chi connectivity index (χ3v) is 2.58. The number of carbonyl (C=O) groups excluding carboxylic acids is 1. The minimum atomic E-state index is -0.379. The van der Waals surface area contributed by atoms with E-state index in [1.54, 1.807) is 16.5 Å². The van der Waals surface area contributed by atoms with Gasteiger partial charge in [-0.15, -0.1) is 10.2 Å². The van der Waals surface area contributed by atoms with Crippen molar-refractivity contribution >= 4 is 11.6 Å². The highest BCUT2D eigenvalue weighted by Crippen LogP contribution is 2.21. The molecule has 0 aliphatic heterocycles. The highest BCUT2D eigenvalue weighted by atomic mass is 16.5. The van der Waals surface area contributed by atoms with Crippen molar-refractivity contribution in [2.24, 2.45) is 5.41 Å². The van der Waals surface area contributed by atoms with Gasteiger partial charge >= 0.3 is 5.97 Å². The van der Waals surface area contributed by atoms with Crippen LogP contribution in [0.4, 0.5) is 0 Å². The molecule has 2 aromatic rings. The van der Waals surface area contributed by atoms with E-state index in [1.807, 2.05) is 6.07 Å². The molecular weight excluding hydrogens is 230 g/mol. The van der Waals surface area contributed by atoms with Crippen molar-refractivity contribution in [2.75, 3.05) is 7.11 Å². The average molecular weight is 247 g/mol. The smallest absolute Gasteiger partial charge is 0.355 e. The van der Waals surface area contributed by atoms with Gasteiger partial charge in [-0.3, -0.25) is 4.40 Å². The molecule has 18 heavy (non-hydrogen) atoms. The van der Waals surface area contributed by atoms with Gasteiger partial charge in [-0.2, -0.15) is 0 Å². The standard InChI is InChI=1S/C13H17N3O2/c1-13(2,3)8-11-15-14-10-7-5-6-9(16(10)11)12(17)18-4/h5-7H,8H2,1-4H3. The second-order valence-corrected chi connectivity index (χ2v) is 5.45. The zero-order valence-electron chi connectivity index (χ0n) is 11.1. The number of nitrogens with zero attached hydrogens (tertiary/aromatic N) is 3. The second-order valence-electron chi connectivity index (χ2n) is 5.45. The van der Waals surface area contributed by atoms with Gasteiger partial charge in [-0.05, 0) is 17.5 Å². The van der Waals surface area contributed by atoms with Crippen LogP contribution >= 0.6 is 0 Å². The predicted molar refractivity (Wildman–Crippen MR) is 67.5 cm³/mol. The van der Waals surface area contributed by atoms with E-state index < -0.39 is 0 Å². The number of rotatable bonds is 2. The molecule has 96 valence electrons. The number of fused-ring (bicyclic) bond motifs is 1. The lowest BCUT2D eigenvalue weighted by Crippen LogP contribution is -2.15. The molecule has 2 aromatic heterocycles. The first-order valence-corrected chi connectivity index (χ1v) is 5.84. The molecule has 0 aromatic carbocycles. The van der Waals surface area contributed by atoms with Gasteiger partial charge in [0.1, 0.15) is 11.5 Å². The molecular formula is C13H17N3O2. The van der Waals surface area contributed by atoms with Gasteiger partial charge in [0.25, 0.3) is 0 Å². The van der Waals surface area contributed by atoms with Gasteiger partial charge in [0.15, 0.2) is 5.65 Å². The molecule has 0 radical (unpaired) electrons. The van der Waals surface area contributed by atoms with Crippen LogP contribution in [-0.4, -0.2) is 27.7 Å². The molecule has 0 amide bonds. The number of hydrogen-bond donors (Lipinski definition) is 0. The SMILES string of the molecule is COC(=O)c1cccc2nnc(CC(C)(C)C)n12. The minimum Gasteiger partial charge on any atom is -0.464 e. The van der Waals surface area contributed by atoms with Crippen molar-refractivity contribution in [2.45, 2.75) is 27.2 Å². The fourth-order valence-corrected chi connectivity index (χ4v) is 1.85. The molecule has 0 aliphatic rings. The lowest BCUT2D eigenvalue weighted by molar-refractivity contribution is 0.0591. The summed E-state index contributed by atoms with van der Waals surface area (Å²) < 4.78 is 6.54. The summed E-state index contributed by atoms with van der Waals surface area (Å²) in [6, 6.07) is 5.32. The van der Waals surface area contributed by atoms with Crippen molar-refractivity contribution in [3.63, 3.8) is 0 Å². The van der Waals surface area contributed by atoms with Gasteiger partial charge in [0, 0.05) is 6.42 Å². The van der Waals surface area contributed by atoms with Crippen LogP contribution in [0.15, 0.2) is 18.2 Å². The third kappa shape index (κ3) is 2.34. The maximum atomic E-state index is 11.7. The predicted octanol–water partition coefficient (Wildman–Crippen LogP) is 2.10. The monoisotopic (exact) mass is 247 g/mol. The Bertz CT molecular complexity index is 581. The summed E-state index contributed by atoms with van der Waals surface area (Å²) in [5, 5.41) is 8.25. The summed E-state index contributed by atoms with van der Waals surface area (Å²) in [4.78, 5) is 11.7. The molecule has 0 unspecified atom stereocenters. The largest absolute Gasteiger partial charge is 0.464 e. The molecule has 5 heteroatoms. The first-order valence-electron chi connectivity index (χ1n) is 5.84. The average Bonchev–Trinajstić information content (AvgIpc) is 2.69. The fraction of sp³-hybridized carbons (Fsp3) is 0.462. The van der Waals surface area contributed by atoms with Gasteiger partial charge < -0.3 is 4.74 Å². The van der Waals surface area contributed by atoms with Crippen LogP contribution in [0.25, 0.3) is 5.65 Å². The van der Waals surface area contributed by atoms with Crippen LogP contribution in [0.2, 0.25) is 0 Å². The van der Waals surface area contributed by atoms with Crippen molar-refractivity contribution in [1.82, 2.24) is 14.6 Å². The molecule has 0 saturated carbocycles. The quantitative estimate of drug-likeness (QED) is 0.763. The molecule has 0 spiro atoms. The summed E-state index contributed by atoms with van der Waals surface area (Å²) in [6.07, 6.45) is 0.738. The summed E-state index contributed by atoms with van der Waals surface area (Å²) in [5.41, 5.74) is 1.20. The van der Waals surface area contributed by atoms with E-state index in [1.165, 1.54) is 7.11 Å². The molecule has 0 N–H and O–H groups in total. The Hall–Kier alpha value is -1.91. The van der Waals surface area contributed by atoms with Crippen molar-refractivity contribution in [3.05, 3.63) is 29.7 Å². The molecule has 0 saturated heterocycles. The van der Waals surface area contributed by atoms with Crippen molar-refractivity contribution < 1.29 is 9.53 Å². The molecule has 0 fully saturated rings. The number of methoxy groups -OCH3 is 1. The lowest BCUT2D eigenvalue weighted by Gasteiger charge is -2.16. The van der Waals surface area contributed by atoms with Crippen LogP contribution in [0.3, 0.4) is 0 Å². The van der Waals surface area contributed by atoms with Gasteiger partial charge in [0.2, 0.25) is 0 Å². The zero-order valence-corrected chi connectivity index (χ0v) is 11.1. The third-order valence-electron chi connectivity index (χ3n) is 2.58. The highest BCUT2D eigenvalue weighted by Gasteiger charge is 2.19. The van der Waals surface area contributed by atoms with E-state index in [0.29, 0.717) is 11.3 Å².